The molecule has 0 saturated heterocycles. The molecule has 3 rings (SSSR count). The summed E-state index contributed by atoms with van der Waals surface area (Å²) in [6.45, 7) is 2.56. The van der Waals surface area contributed by atoms with Crippen LogP contribution in [0.4, 0.5) is 4.39 Å². The van der Waals surface area contributed by atoms with E-state index in [0.717, 1.165) is 21.3 Å². The predicted molar refractivity (Wildman–Crippen MR) is 97.8 cm³/mol. The summed E-state index contributed by atoms with van der Waals surface area (Å²) < 4.78 is 24.9. The molecule has 2 aromatic carbocycles. The van der Waals surface area contributed by atoms with Crippen molar-refractivity contribution >= 4 is 15.9 Å². The Bertz CT molecular complexity index is 849. The molecule has 3 aromatic rings. The number of nitrogens with zero attached hydrogens (tertiary/aromatic N) is 1. The van der Waals surface area contributed by atoms with Gasteiger partial charge in [0.05, 0.1) is 24.3 Å². The summed E-state index contributed by atoms with van der Waals surface area (Å²) in [6.07, 6.45) is 1.65. The molecule has 1 unspecified atom stereocenters. The van der Waals surface area contributed by atoms with Crippen molar-refractivity contribution in [3.8, 4) is 17.1 Å². The molecular formula is C19H18BrFN2O2. The van der Waals surface area contributed by atoms with Crippen LogP contribution in [-0.2, 0) is 6.54 Å². The Morgan fingerprint density at radius 3 is 2.68 bits per heavy atom. The van der Waals surface area contributed by atoms with Crippen molar-refractivity contribution in [2.24, 2.45) is 0 Å². The minimum absolute atomic E-state index is 0.114. The summed E-state index contributed by atoms with van der Waals surface area (Å²) in [4.78, 5) is 4.27. The van der Waals surface area contributed by atoms with E-state index >= 15 is 0 Å². The van der Waals surface area contributed by atoms with Gasteiger partial charge in [0, 0.05) is 11.6 Å². The second-order valence-corrected chi connectivity index (χ2v) is 6.48. The van der Waals surface area contributed by atoms with Crippen molar-refractivity contribution < 1.29 is 13.5 Å². The molecule has 1 N–H and O–H groups in total. The molecule has 0 radical (unpaired) electrons. The van der Waals surface area contributed by atoms with Crippen molar-refractivity contribution in [1.29, 1.82) is 0 Å². The summed E-state index contributed by atoms with van der Waals surface area (Å²) in [5.41, 5.74) is 1.92. The highest BCUT2D eigenvalue weighted by Crippen LogP contribution is 2.28. The van der Waals surface area contributed by atoms with Crippen molar-refractivity contribution in [2.45, 2.75) is 19.5 Å². The molecule has 0 aliphatic rings. The van der Waals surface area contributed by atoms with Crippen LogP contribution >= 0.6 is 15.9 Å². The predicted octanol–water partition coefficient (Wildman–Crippen LogP) is 5.10. The third-order valence-corrected chi connectivity index (χ3v) is 4.54. The zero-order valence-electron chi connectivity index (χ0n) is 13.9. The number of hydrogen-bond acceptors (Lipinski definition) is 4. The number of aromatic nitrogens is 1. The van der Waals surface area contributed by atoms with Crippen molar-refractivity contribution in [1.82, 2.24) is 10.3 Å². The Morgan fingerprint density at radius 2 is 2.00 bits per heavy atom. The maximum absolute atomic E-state index is 13.0. The Hall–Kier alpha value is -2.18. The minimum Gasteiger partial charge on any atom is -0.496 e. The lowest BCUT2D eigenvalue weighted by Crippen LogP contribution is -2.18. The Morgan fingerprint density at radius 1 is 1.24 bits per heavy atom. The van der Waals surface area contributed by atoms with Crippen molar-refractivity contribution in [3.05, 3.63) is 70.4 Å². The van der Waals surface area contributed by atoms with Crippen LogP contribution in [0, 0.1) is 5.82 Å². The highest BCUT2D eigenvalue weighted by atomic mass is 79.9. The molecule has 130 valence electrons. The largest absolute Gasteiger partial charge is 0.496 e. The SMILES string of the molecule is COc1ccc(C(C)NCc2ncc(-c3ccc(F)cc3)o2)cc1Br. The number of oxazole rings is 1. The summed E-state index contributed by atoms with van der Waals surface area (Å²) in [6, 6.07) is 12.2. The van der Waals surface area contributed by atoms with Gasteiger partial charge in [-0.25, -0.2) is 9.37 Å². The molecule has 1 atom stereocenters. The first-order valence-corrected chi connectivity index (χ1v) is 8.63. The molecule has 1 aromatic heterocycles. The van der Waals surface area contributed by atoms with Crippen LogP contribution in [-0.4, -0.2) is 12.1 Å². The maximum Gasteiger partial charge on any atom is 0.208 e. The average molecular weight is 405 g/mol. The van der Waals surface area contributed by atoms with Gasteiger partial charge in [-0.05, 0) is 64.8 Å². The van der Waals surface area contributed by atoms with Gasteiger partial charge in [-0.1, -0.05) is 6.07 Å². The number of benzene rings is 2. The van der Waals surface area contributed by atoms with E-state index in [1.807, 2.05) is 18.2 Å². The fourth-order valence-corrected chi connectivity index (χ4v) is 3.01. The normalized spacial score (nSPS) is 12.2. The quantitative estimate of drug-likeness (QED) is 0.620. The number of ether oxygens (including phenoxy) is 1. The second-order valence-electron chi connectivity index (χ2n) is 5.62. The van der Waals surface area contributed by atoms with Gasteiger partial charge in [-0.15, -0.1) is 0 Å². The molecular weight excluding hydrogens is 387 g/mol. The Labute approximate surface area is 154 Å². The number of nitrogens with one attached hydrogen (secondary N) is 1. The van der Waals surface area contributed by atoms with E-state index in [4.69, 9.17) is 9.15 Å². The minimum atomic E-state index is -0.273. The van der Waals surface area contributed by atoms with E-state index in [1.165, 1.54) is 12.1 Å². The summed E-state index contributed by atoms with van der Waals surface area (Å²) in [7, 11) is 1.64. The third-order valence-electron chi connectivity index (χ3n) is 3.92. The first-order valence-electron chi connectivity index (χ1n) is 7.84. The number of rotatable bonds is 6. The molecule has 0 aliphatic carbocycles. The van der Waals surface area contributed by atoms with Gasteiger partial charge >= 0.3 is 0 Å². The van der Waals surface area contributed by atoms with Crippen LogP contribution in [0.2, 0.25) is 0 Å². The van der Waals surface area contributed by atoms with E-state index in [2.05, 4.69) is 33.2 Å². The molecule has 0 aliphatic heterocycles. The maximum atomic E-state index is 13.0. The smallest absolute Gasteiger partial charge is 0.208 e. The molecule has 0 fully saturated rings. The van der Waals surface area contributed by atoms with Crippen LogP contribution in [0.1, 0.15) is 24.4 Å². The summed E-state index contributed by atoms with van der Waals surface area (Å²) in [5.74, 6) is 1.73. The third kappa shape index (κ3) is 4.27. The Kier molecular flexibility index (Phi) is 5.50. The van der Waals surface area contributed by atoms with E-state index in [-0.39, 0.29) is 11.9 Å². The molecule has 25 heavy (non-hydrogen) atoms. The molecule has 0 saturated carbocycles. The van der Waals surface area contributed by atoms with Crippen LogP contribution in [0.25, 0.3) is 11.3 Å². The zero-order valence-corrected chi connectivity index (χ0v) is 15.5. The zero-order chi connectivity index (χ0) is 17.8. The van der Waals surface area contributed by atoms with E-state index in [1.54, 1.807) is 25.4 Å². The second kappa shape index (κ2) is 7.80. The van der Waals surface area contributed by atoms with E-state index in [9.17, 15) is 4.39 Å². The fourth-order valence-electron chi connectivity index (χ4n) is 2.45. The van der Waals surface area contributed by atoms with Gasteiger partial charge in [0.15, 0.2) is 5.76 Å². The lowest BCUT2D eigenvalue weighted by atomic mass is 10.1. The lowest BCUT2D eigenvalue weighted by Gasteiger charge is -2.14. The van der Waals surface area contributed by atoms with Crippen LogP contribution in [0.15, 0.2) is 57.6 Å². The Balaban J connectivity index is 1.63. The van der Waals surface area contributed by atoms with Gasteiger partial charge in [0.1, 0.15) is 11.6 Å². The number of methoxy groups -OCH3 is 1. The molecule has 4 nitrogen and oxygen atoms in total. The van der Waals surface area contributed by atoms with Crippen molar-refractivity contribution in [3.63, 3.8) is 0 Å². The van der Waals surface area contributed by atoms with Gasteiger partial charge in [-0.2, -0.15) is 0 Å². The van der Waals surface area contributed by atoms with Gasteiger partial charge in [-0.3, -0.25) is 0 Å². The van der Waals surface area contributed by atoms with E-state index < -0.39 is 0 Å². The summed E-state index contributed by atoms with van der Waals surface area (Å²) in [5, 5.41) is 3.38. The summed E-state index contributed by atoms with van der Waals surface area (Å²) >= 11 is 3.50. The fraction of sp³-hybridized carbons (Fsp3) is 0.211. The molecule has 0 amide bonds. The van der Waals surface area contributed by atoms with E-state index in [0.29, 0.717) is 18.2 Å². The highest BCUT2D eigenvalue weighted by Gasteiger charge is 2.11. The highest BCUT2D eigenvalue weighted by molar-refractivity contribution is 9.10. The first kappa shape index (κ1) is 17.6. The first-order chi connectivity index (χ1) is 12.1. The molecule has 1 heterocycles. The number of halogens is 2. The standard InChI is InChI=1S/C19H18BrFN2O2/c1-12(14-5-8-17(24-2)16(20)9-14)22-11-19-23-10-18(25-19)13-3-6-15(21)7-4-13/h3-10,12,22H,11H2,1-2H3. The molecule has 0 bridgehead atoms. The molecule has 0 spiro atoms. The average Bonchev–Trinajstić information content (AvgIpc) is 3.09. The number of hydrogen-bond donors (Lipinski definition) is 1. The van der Waals surface area contributed by atoms with Gasteiger partial charge in [0.2, 0.25) is 5.89 Å². The molecule has 6 heteroatoms. The topological polar surface area (TPSA) is 47.3 Å². The van der Waals surface area contributed by atoms with Crippen molar-refractivity contribution in [2.75, 3.05) is 7.11 Å². The van der Waals surface area contributed by atoms with Crippen LogP contribution in [0.5, 0.6) is 5.75 Å². The van der Waals surface area contributed by atoms with Gasteiger partial charge in [0.25, 0.3) is 0 Å². The van der Waals surface area contributed by atoms with Gasteiger partial charge < -0.3 is 14.5 Å². The lowest BCUT2D eigenvalue weighted by molar-refractivity contribution is 0.411. The van der Waals surface area contributed by atoms with Crippen LogP contribution in [0.3, 0.4) is 0 Å². The van der Waals surface area contributed by atoms with Crippen LogP contribution < -0.4 is 10.1 Å². The monoisotopic (exact) mass is 404 g/mol.